The van der Waals surface area contributed by atoms with Gasteiger partial charge in [-0.2, -0.15) is 39.5 Å². The number of ether oxygens (including phenoxy) is 2. The molecule has 2 fully saturated rings. The van der Waals surface area contributed by atoms with Crippen LogP contribution in [0.3, 0.4) is 0 Å². The second-order valence-corrected chi connectivity index (χ2v) is 6.23. The zero-order valence-electron chi connectivity index (χ0n) is 14.1. The van der Waals surface area contributed by atoms with Gasteiger partial charge in [-0.25, -0.2) is 0 Å². The van der Waals surface area contributed by atoms with Gasteiger partial charge in [0, 0.05) is 19.8 Å². The molecule has 3 nitrogen and oxygen atoms in total. The molecule has 2 aliphatic rings. The van der Waals surface area contributed by atoms with E-state index in [9.17, 15) is 39.5 Å². The van der Waals surface area contributed by atoms with Crippen molar-refractivity contribution in [2.24, 2.45) is 0 Å². The van der Waals surface area contributed by atoms with Crippen LogP contribution in [0.2, 0.25) is 0 Å². The SMILES string of the molecule is COC(C(F)(F)F)(C(F)(F)F)C(F)(F)F.COCC12CCCN1CCC2. The summed E-state index contributed by atoms with van der Waals surface area (Å²) in [6.45, 7) is 3.57. The number of nitrogens with zero attached hydrogens (tertiary/aromatic N) is 1. The molecule has 0 spiro atoms. The standard InChI is InChI=1S/C9H17NO.C5H3F9O/c1-11-8-9-4-2-6-10(9)7-3-5-9;1-15-2(3(6,7)8,4(9,10)11)5(12,13)14/h2-8H2,1H3;1H3. The van der Waals surface area contributed by atoms with Crippen molar-refractivity contribution >= 4 is 0 Å². The van der Waals surface area contributed by atoms with Crippen molar-refractivity contribution in [1.29, 1.82) is 0 Å². The molecule has 0 amide bonds. The average Bonchev–Trinajstić information content (AvgIpc) is 2.94. The summed E-state index contributed by atoms with van der Waals surface area (Å²) in [5, 5.41) is 0. The summed E-state index contributed by atoms with van der Waals surface area (Å²) >= 11 is 0. The van der Waals surface area contributed by atoms with Gasteiger partial charge < -0.3 is 9.47 Å². The lowest BCUT2D eigenvalue weighted by molar-refractivity contribution is -0.452. The molecule has 2 saturated heterocycles. The largest absolute Gasteiger partial charge is 0.435 e. The third-order valence-corrected chi connectivity index (χ3v) is 4.73. The first-order chi connectivity index (χ1) is 11.7. The fourth-order valence-corrected chi connectivity index (χ4v) is 3.56. The van der Waals surface area contributed by atoms with Crippen molar-refractivity contribution in [1.82, 2.24) is 4.90 Å². The Morgan fingerprint density at radius 2 is 1.15 bits per heavy atom. The van der Waals surface area contributed by atoms with Crippen LogP contribution >= 0.6 is 0 Å². The summed E-state index contributed by atoms with van der Waals surface area (Å²) in [6, 6.07) is 0. The molecule has 2 rings (SSSR count). The molecule has 0 N–H and O–H groups in total. The normalized spacial score (nSPS) is 21.3. The van der Waals surface area contributed by atoms with E-state index in [0.717, 1.165) is 6.61 Å². The van der Waals surface area contributed by atoms with Crippen LogP contribution in [0.4, 0.5) is 39.5 Å². The van der Waals surface area contributed by atoms with Crippen LogP contribution in [0.15, 0.2) is 0 Å². The predicted octanol–water partition coefficient (Wildman–Crippen LogP) is 4.32. The van der Waals surface area contributed by atoms with Gasteiger partial charge in [0.05, 0.1) is 6.61 Å². The first kappa shape index (κ1) is 23.3. The summed E-state index contributed by atoms with van der Waals surface area (Å²) < 4.78 is 114. The van der Waals surface area contributed by atoms with Crippen LogP contribution in [0.5, 0.6) is 0 Å². The monoisotopic (exact) mass is 405 g/mol. The smallest absolute Gasteiger partial charge is 0.383 e. The molecule has 0 aliphatic carbocycles. The number of rotatable bonds is 3. The lowest BCUT2D eigenvalue weighted by atomic mass is 9.95. The Kier molecular flexibility index (Phi) is 6.90. The molecule has 156 valence electrons. The maximum absolute atomic E-state index is 11.8. The minimum absolute atomic E-state index is 0.311. The quantitative estimate of drug-likeness (QED) is 0.653. The molecule has 0 atom stereocenters. The number of fused-ring (bicyclic) bond motifs is 1. The van der Waals surface area contributed by atoms with Crippen molar-refractivity contribution < 1.29 is 49.0 Å². The summed E-state index contributed by atoms with van der Waals surface area (Å²) in [5.74, 6) is 0. The Labute approximate surface area is 144 Å². The summed E-state index contributed by atoms with van der Waals surface area (Å²) in [7, 11) is 1.51. The molecule has 0 aromatic rings. The molecule has 0 aromatic heterocycles. The Bertz CT molecular complexity index is 413. The third kappa shape index (κ3) is 4.06. The van der Waals surface area contributed by atoms with Crippen LogP contribution in [-0.2, 0) is 9.47 Å². The highest BCUT2D eigenvalue weighted by Gasteiger charge is 2.85. The van der Waals surface area contributed by atoms with Crippen molar-refractivity contribution in [3.63, 3.8) is 0 Å². The Balaban J connectivity index is 0.000000269. The molecule has 2 aliphatic heterocycles. The van der Waals surface area contributed by atoms with Crippen LogP contribution in [0, 0.1) is 0 Å². The molecule has 0 saturated carbocycles. The first-order valence-electron chi connectivity index (χ1n) is 7.68. The topological polar surface area (TPSA) is 21.7 Å². The van der Waals surface area contributed by atoms with E-state index in [4.69, 9.17) is 4.74 Å². The van der Waals surface area contributed by atoms with Crippen molar-refractivity contribution in [3.8, 4) is 0 Å². The predicted molar refractivity (Wildman–Crippen MR) is 72.6 cm³/mol. The number of alkyl halides is 9. The second-order valence-electron chi connectivity index (χ2n) is 6.23. The van der Waals surface area contributed by atoms with Gasteiger partial charge in [-0.1, -0.05) is 0 Å². The molecule has 0 unspecified atom stereocenters. The minimum atomic E-state index is -6.64. The highest BCUT2D eigenvalue weighted by molar-refractivity contribution is 5.02. The van der Waals surface area contributed by atoms with Gasteiger partial charge >= 0.3 is 24.1 Å². The summed E-state index contributed by atoms with van der Waals surface area (Å²) in [6.07, 6.45) is -14.4. The molecule has 0 radical (unpaired) electrons. The van der Waals surface area contributed by atoms with E-state index >= 15 is 0 Å². The zero-order chi connectivity index (χ0) is 20.4. The summed E-state index contributed by atoms with van der Waals surface area (Å²) in [5.41, 5.74) is -5.68. The van der Waals surface area contributed by atoms with E-state index in [1.165, 1.54) is 38.8 Å². The van der Waals surface area contributed by atoms with E-state index < -0.39 is 24.1 Å². The van der Waals surface area contributed by atoms with Crippen molar-refractivity contribution in [3.05, 3.63) is 0 Å². The molecule has 0 bridgehead atoms. The first-order valence-corrected chi connectivity index (χ1v) is 7.68. The van der Waals surface area contributed by atoms with E-state index in [-0.39, 0.29) is 7.11 Å². The molecule has 26 heavy (non-hydrogen) atoms. The van der Waals surface area contributed by atoms with Crippen LogP contribution in [0.1, 0.15) is 25.7 Å². The Hall–Kier alpha value is -0.750. The van der Waals surface area contributed by atoms with Gasteiger partial charge in [0.15, 0.2) is 0 Å². The second kappa shape index (κ2) is 7.70. The van der Waals surface area contributed by atoms with Gasteiger partial charge in [-0.15, -0.1) is 0 Å². The lowest BCUT2D eigenvalue weighted by Crippen LogP contribution is -2.67. The molecular weight excluding hydrogens is 385 g/mol. The van der Waals surface area contributed by atoms with Crippen LogP contribution in [0.25, 0.3) is 0 Å². The van der Waals surface area contributed by atoms with Crippen molar-refractivity contribution in [2.45, 2.75) is 55.4 Å². The van der Waals surface area contributed by atoms with Crippen LogP contribution in [-0.4, -0.2) is 68.5 Å². The molecular formula is C14H20F9NO2. The van der Waals surface area contributed by atoms with Gasteiger partial charge in [-0.3, -0.25) is 4.90 Å². The van der Waals surface area contributed by atoms with Crippen LogP contribution < -0.4 is 0 Å². The Morgan fingerprint density at radius 3 is 1.38 bits per heavy atom. The number of hydrogen-bond acceptors (Lipinski definition) is 3. The maximum Gasteiger partial charge on any atom is 0.435 e. The van der Waals surface area contributed by atoms with Gasteiger partial charge in [0.2, 0.25) is 0 Å². The van der Waals surface area contributed by atoms with E-state index in [1.54, 1.807) is 0 Å². The minimum Gasteiger partial charge on any atom is -0.383 e. The summed E-state index contributed by atoms with van der Waals surface area (Å²) in [4.78, 5) is 2.62. The van der Waals surface area contributed by atoms with Gasteiger partial charge in [-0.05, 0) is 38.8 Å². The van der Waals surface area contributed by atoms with Crippen molar-refractivity contribution in [2.75, 3.05) is 33.9 Å². The van der Waals surface area contributed by atoms with Gasteiger partial charge in [0.1, 0.15) is 0 Å². The number of methoxy groups -OCH3 is 2. The van der Waals surface area contributed by atoms with E-state index in [1.807, 2.05) is 7.11 Å². The highest BCUT2D eigenvalue weighted by atomic mass is 19.4. The lowest BCUT2D eigenvalue weighted by Gasteiger charge is -2.36. The average molecular weight is 405 g/mol. The fourth-order valence-electron chi connectivity index (χ4n) is 3.56. The fraction of sp³-hybridized carbons (Fsp3) is 1.00. The highest BCUT2D eigenvalue weighted by Crippen LogP contribution is 2.54. The zero-order valence-corrected chi connectivity index (χ0v) is 14.1. The molecule has 0 aromatic carbocycles. The number of halogens is 9. The molecule has 2 heterocycles. The van der Waals surface area contributed by atoms with E-state index in [2.05, 4.69) is 9.64 Å². The maximum atomic E-state index is 11.8. The third-order valence-electron chi connectivity index (χ3n) is 4.73. The molecule has 12 heteroatoms. The number of hydrogen-bond donors (Lipinski definition) is 0. The van der Waals surface area contributed by atoms with Gasteiger partial charge in [0.25, 0.3) is 0 Å². The Morgan fingerprint density at radius 1 is 0.769 bits per heavy atom. The van der Waals surface area contributed by atoms with E-state index in [0.29, 0.717) is 5.54 Å².